The number of anilines is 3. The summed E-state index contributed by atoms with van der Waals surface area (Å²) in [6.45, 7) is 0. The van der Waals surface area contributed by atoms with E-state index in [1.165, 1.54) is 69.4 Å². The molecule has 0 fully saturated rings. The van der Waals surface area contributed by atoms with Crippen LogP contribution in [0.25, 0.3) is 85.9 Å². The minimum atomic E-state index is 0.923. The summed E-state index contributed by atoms with van der Waals surface area (Å²) in [6, 6.07) is 68.0. The maximum absolute atomic E-state index is 6.31. The van der Waals surface area contributed by atoms with E-state index in [4.69, 9.17) is 4.42 Å². The van der Waals surface area contributed by atoms with Gasteiger partial charge in [-0.2, -0.15) is 0 Å². The lowest BCUT2D eigenvalue weighted by Gasteiger charge is -2.26. The average Bonchev–Trinajstić information content (AvgIpc) is 3.80. The zero-order valence-corrected chi connectivity index (χ0v) is 29.5. The fourth-order valence-electron chi connectivity index (χ4n) is 8.00. The van der Waals surface area contributed by atoms with Crippen LogP contribution in [-0.2, 0) is 0 Å². The molecule has 0 unspecified atom stereocenters. The normalized spacial score (nSPS) is 11.8. The van der Waals surface area contributed by atoms with Gasteiger partial charge in [-0.15, -0.1) is 11.3 Å². The number of nitrogens with zero attached hydrogens (tertiary/aromatic N) is 1. The summed E-state index contributed by atoms with van der Waals surface area (Å²) in [6.07, 6.45) is 0. The van der Waals surface area contributed by atoms with Crippen LogP contribution < -0.4 is 4.90 Å². The summed E-state index contributed by atoms with van der Waals surface area (Å²) in [5.41, 5.74) is 10.0. The van der Waals surface area contributed by atoms with Crippen LogP contribution in [-0.4, -0.2) is 0 Å². The Kier molecular flexibility index (Phi) is 6.76. The first-order chi connectivity index (χ1) is 26.2. The largest absolute Gasteiger partial charge is 0.456 e. The molecule has 0 aliphatic heterocycles. The number of para-hydroxylation sites is 1. The Hall–Kier alpha value is -6.68. The number of benzene rings is 9. The van der Waals surface area contributed by atoms with Crippen molar-refractivity contribution >= 4 is 92.1 Å². The quantitative estimate of drug-likeness (QED) is 0.178. The Morgan fingerprint density at radius 3 is 1.53 bits per heavy atom. The summed E-state index contributed by atoms with van der Waals surface area (Å²) < 4.78 is 8.82. The molecule has 248 valence electrons. The molecule has 0 atom stereocenters. The van der Waals surface area contributed by atoms with Crippen LogP contribution in [0.4, 0.5) is 17.1 Å². The molecule has 0 N–H and O–H groups in total. The van der Waals surface area contributed by atoms with Crippen molar-refractivity contribution in [2.45, 2.75) is 0 Å². The molecule has 3 heteroatoms. The molecule has 2 aromatic heterocycles. The van der Waals surface area contributed by atoms with Crippen LogP contribution in [0.1, 0.15) is 0 Å². The van der Waals surface area contributed by atoms with E-state index in [1.807, 2.05) is 17.4 Å². The summed E-state index contributed by atoms with van der Waals surface area (Å²) in [5.74, 6) is 0. The van der Waals surface area contributed by atoms with E-state index in [-0.39, 0.29) is 0 Å². The first-order valence-electron chi connectivity index (χ1n) is 18.0. The van der Waals surface area contributed by atoms with Crippen LogP contribution in [0.2, 0.25) is 0 Å². The van der Waals surface area contributed by atoms with Gasteiger partial charge < -0.3 is 9.32 Å². The Bertz CT molecular complexity index is 3050. The van der Waals surface area contributed by atoms with Gasteiger partial charge in [-0.05, 0) is 104 Å². The van der Waals surface area contributed by atoms with Gasteiger partial charge in [-0.3, -0.25) is 0 Å². The molecule has 0 aliphatic carbocycles. The van der Waals surface area contributed by atoms with Crippen LogP contribution in [0, 0.1) is 0 Å². The van der Waals surface area contributed by atoms with E-state index < -0.39 is 0 Å². The van der Waals surface area contributed by atoms with E-state index >= 15 is 0 Å². The summed E-state index contributed by atoms with van der Waals surface area (Å²) in [4.78, 5) is 2.41. The number of fused-ring (bicyclic) bond motifs is 9. The van der Waals surface area contributed by atoms with E-state index in [1.54, 1.807) is 0 Å². The highest BCUT2D eigenvalue weighted by Crippen LogP contribution is 2.48. The van der Waals surface area contributed by atoms with E-state index in [0.717, 1.165) is 33.6 Å². The molecule has 0 spiro atoms. The standard InChI is InChI=1S/C50H31NOS/c1-3-10-36-30-38(18-16-32(36)8-1)34-20-24-40(25-21-34)51(41-26-22-35(23-27-41)39-19-17-33-9-2-4-11-37(33)31-39)45-14-7-13-42-43-28-29-47-48(50(43)53-49(42)45)44-12-5-6-15-46(44)52-47/h1-31H. The lowest BCUT2D eigenvalue weighted by molar-refractivity contribution is 0.669. The van der Waals surface area contributed by atoms with Gasteiger partial charge >= 0.3 is 0 Å². The van der Waals surface area contributed by atoms with Crippen LogP contribution in [0.15, 0.2) is 192 Å². The summed E-state index contributed by atoms with van der Waals surface area (Å²) in [7, 11) is 0. The predicted octanol–water partition coefficient (Wildman–Crippen LogP) is 15.1. The molecule has 0 radical (unpaired) electrons. The van der Waals surface area contributed by atoms with Gasteiger partial charge in [0.25, 0.3) is 0 Å². The highest BCUT2D eigenvalue weighted by atomic mass is 32.1. The zero-order valence-electron chi connectivity index (χ0n) is 28.7. The second-order valence-electron chi connectivity index (χ2n) is 13.7. The van der Waals surface area contributed by atoms with E-state index in [2.05, 4.69) is 187 Å². The minimum Gasteiger partial charge on any atom is -0.456 e. The number of furan rings is 1. The third-order valence-electron chi connectivity index (χ3n) is 10.6. The van der Waals surface area contributed by atoms with Crippen molar-refractivity contribution in [3.63, 3.8) is 0 Å². The number of hydrogen-bond donors (Lipinski definition) is 0. The smallest absolute Gasteiger partial charge is 0.136 e. The van der Waals surface area contributed by atoms with Crippen molar-refractivity contribution in [3.8, 4) is 22.3 Å². The fourth-order valence-corrected chi connectivity index (χ4v) is 9.35. The lowest BCUT2D eigenvalue weighted by Crippen LogP contribution is -2.10. The first kappa shape index (κ1) is 30.0. The molecule has 2 heterocycles. The van der Waals surface area contributed by atoms with Crippen molar-refractivity contribution in [1.29, 1.82) is 0 Å². The van der Waals surface area contributed by atoms with Crippen LogP contribution >= 0.6 is 11.3 Å². The van der Waals surface area contributed by atoms with Gasteiger partial charge in [0.2, 0.25) is 0 Å². The van der Waals surface area contributed by atoms with Crippen molar-refractivity contribution < 1.29 is 4.42 Å². The third-order valence-corrected chi connectivity index (χ3v) is 11.9. The third kappa shape index (κ3) is 4.93. The molecule has 2 nitrogen and oxygen atoms in total. The Labute approximate surface area is 310 Å². The monoisotopic (exact) mass is 693 g/mol. The molecule has 0 saturated heterocycles. The first-order valence-corrected chi connectivity index (χ1v) is 18.8. The summed E-state index contributed by atoms with van der Waals surface area (Å²) >= 11 is 1.86. The average molecular weight is 694 g/mol. The number of hydrogen-bond acceptors (Lipinski definition) is 3. The fraction of sp³-hybridized carbons (Fsp3) is 0. The van der Waals surface area contributed by atoms with Gasteiger partial charge in [0, 0.05) is 37.6 Å². The van der Waals surface area contributed by atoms with Gasteiger partial charge in [0.05, 0.1) is 10.4 Å². The molecule has 11 rings (SSSR count). The predicted molar refractivity (Wildman–Crippen MR) is 227 cm³/mol. The Morgan fingerprint density at radius 1 is 0.358 bits per heavy atom. The topological polar surface area (TPSA) is 16.4 Å². The van der Waals surface area contributed by atoms with Crippen molar-refractivity contribution in [2.24, 2.45) is 0 Å². The second kappa shape index (κ2) is 11.9. The highest BCUT2D eigenvalue weighted by Gasteiger charge is 2.21. The van der Waals surface area contributed by atoms with Crippen LogP contribution in [0.5, 0.6) is 0 Å². The van der Waals surface area contributed by atoms with Crippen molar-refractivity contribution in [2.75, 3.05) is 4.90 Å². The van der Waals surface area contributed by atoms with Crippen LogP contribution in [0.3, 0.4) is 0 Å². The van der Waals surface area contributed by atoms with Gasteiger partial charge in [-0.25, -0.2) is 0 Å². The molecule has 0 amide bonds. The van der Waals surface area contributed by atoms with Crippen molar-refractivity contribution in [3.05, 3.63) is 188 Å². The Morgan fingerprint density at radius 2 is 0.887 bits per heavy atom. The second-order valence-corrected chi connectivity index (χ2v) is 14.7. The number of thiophene rings is 1. The maximum atomic E-state index is 6.31. The van der Waals surface area contributed by atoms with Gasteiger partial charge in [-0.1, -0.05) is 127 Å². The molecule has 9 aromatic carbocycles. The van der Waals surface area contributed by atoms with Gasteiger partial charge in [0.1, 0.15) is 11.2 Å². The maximum Gasteiger partial charge on any atom is 0.136 e. The zero-order chi connectivity index (χ0) is 34.9. The molecular formula is C50H31NOS. The van der Waals surface area contributed by atoms with Gasteiger partial charge in [0.15, 0.2) is 0 Å². The molecule has 0 aliphatic rings. The van der Waals surface area contributed by atoms with E-state index in [9.17, 15) is 0 Å². The Balaban J connectivity index is 1.08. The highest BCUT2D eigenvalue weighted by molar-refractivity contribution is 7.27. The number of rotatable bonds is 5. The molecule has 0 bridgehead atoms. The molecule has 53 heavy (non-hydrogen) atoms. The molecular weight excluding hydrogens is 663 g/mol. The van der Waals surface area contributed by atoms with E-state index in [0.29, 0.717) is 0 Å². The van der Waals surface area contributed by atoms with Crippen molar-refractivity contribution in [1.82, 2.24) is 0 Å². The SMILES string of the molecule is c1ccc2cc(-c3ccc(N(c4ccc(-c5ccc6ccccc6c5)cc4)c4cccc5c4sc4c5ccc5oc6ccccc6c54)cc3)ccc2c1. The molecule has 0 saturated carbocycles. The minimum absolute atomic E-state index is 0.923. The molecule has 11 aromatic rings. The lowest BCUT2D eigenvalue weighted by atomic mass is 10.00. The summed E-state index contributed by atoms with van der Waals surface area (Å²) in [5, 5.41) is 9.86.